The molecule has 2 unspecified atom stereocenters. The van der Waals surface area contributed by atoms with Gasteiger partial charge in [0.05, 0.1) is 7.11 Å². The Morgan fingerprint density at radius 3 is 2.69 bits per heavy atom. The van der Waals surface area contributed by atoms with Crippen LogP contribution in [-0.4, -0.2) is 39.5 Å². The molecule has 1 aromatic rings. The molecule has 1 heterocycles. The third-order valence-electron chi connectivity index (χ3n) is 2.00. The number of carbonyl (C=O) groups is 1. The molecule has 0 spiro atoms. The number of rotatable bonds is 3. The molecule has 1 aromatic heterocycles. The number of hydrogen-bond donors (Lipinski definition) is 4. The Morgan fingerprint density at radius 1 is 1.56 bits per heavy atom. The van der Waals surface area contributed by atoms with E-state index in [0.29, 0.717) is 0 Å². The Morgan fingerprint density at radius 2 is 2.19 bits per heavy atom. The standard InChI is InChI=1S/C9H12N2O5/c1-16-9(15)7(14)6(13)4-2-5(12)8(10)11-3-4/h2-3,6-7,12-14H,1H3,(H2,10,11). The first-order valence-electron chi connectivity index (χ1n) is 4.35. The second-order valence-corrected chi connectivity index (χ2v) is 3.09. The lowest BCUT2D eigenvalue weighted by molar-refractivity contribution is -0.156. The van der Waals surface area contributed by atoms with Crippen molar-refractivity contribution in [2.75, 3.05) is 12.8 Å². The fourth-order valence-corrected chi connectivity index (χ4v) is 1.07. The van der Waals surface area contributed by atoms with Crippen LogP contribution in [0.15, 0.2) is 12.3 Å². The Labute approximate surface area is 91.1 Å². The molecule has 0 aliphatic rings. The van der Waals surface area contributed by atoms with Crippen molar-refractivity contribution in [1.82, 2.24) is 4.98 Å². The highest BCUT2D eigenvalue weighted by Gasteiger charge is 2.27. The van der Waals surface area contributed by atoms with Gasteiger partial charge in [-0.25, -0.2) is 9.78 Å². The number of aromatic hydroxyl groups is 1. The second kappa shape index (κ2) is 4.77. The predicted octanol–water partition coefficient (Wildman–Crippen LogP) is -1.06. The molecule has 7 heteroatoms. The maximum absolute atomic E-state index is 10.9. The van der Waals surface area contributed by atoms with Crippen LogP contribution in [0.5, 0.6) is 5.75 Å². The number of methoxy groups -OCH3 is 1. The molecular weight excluding hydrogens is 216 g/mol. The Hall–Kier alpha value is -1.86. The van der Waals surface area contributed by atoms with Gasteiger partial charge in [-0.05, 0) is 6.07 Å². The van der Waals surface area contributed by atoms with Crippen LogP contribution in [0.1, 0.15) is 11.7 Å². The van der Waals surface area contributed by atoms with Crippen molar-refractivity contribution in [2.24, 2.45) is 0 Å². The van der Waals surface area contributed by atoms with E-state index in [2.05, 4.69) is 9.72 Å². The topological polar surface area (TPSA) is 126 Å². The van der Waals surface area contributed by atoms with Gasteiger partial charge in [0, 0.05) is 11.8 Å². The van der Waals surface area contributed by atoms with E-state index in [9.17, 15) is 20.1 Å². The number of ether oxygens (including phenoxy) is 1. The summed E-state index contributed by atoms with van der Waals surface area (Å²) in [4.78, 5) is 14.5. The summed E-state index contributed by atoms with van der Waals surface area (Å²) in [5.74, 6) is -1.43. The minimum absolute atomic E-state index is 0.0598. The average Bonchev–Trinajstić information content (AvgIpc) is 2.29. The van der Waals surface area contributed by atoms with Gasteiger partial charge in [0.15, 0.2) is 17.7 Å². The van der Waals surface area contributed by atoms with Crippen LogP contribution in [0.3, 0.4) is 0 Å². The van der Waals surface area contributed by atoms with Crippen LogP contribution in [0.4, 0.5) is 5.82 Å². The normalized spacial score (nSPS) is 14.2. The lowest BCUT2D eigenvalue weighted by atomic mass is 10.1. The molecule has 0 amide bonds. The Kier molecular flexibility index (Phi) is 3.64. The van der Waals surface area contributed by atoms with Crippen molar-refractivity contribution in [3.05, 3.63) is 17.8 Å². The van der Waals surface area contributed by atoms with Crippen molar-refractivity contribution < 1.29 is 24.9 Å². The van der Waals surface area contributed by atoms with Crippen LogP contribution in [0, 0.1) is 0 Å². The summed E-state index contributed by atoms with van der Waals surface area (Å²) in [6.07, 6.45) is -2.13. The van der Waals surface area contributed by atoms with E-state index >= 15 is 0 Å². The first-order valence-corrected chi connectivity index (χ1v) is 4.35. The summed E-state index contributed by atoms with van der Waals surface area (Å²) in [6.45, 7) is 0. The maximum atomic E-state index is 10.9. The Bertz CT molecular complexity index is 395. The quantitative estimate of drug-likeness (QED) is 0.485. The maximum Gasteiger partial charge on any atom is 0.337 e. The minimum atomic E-state index is -1.74. The molecule has 0 saturated carbocycles. The molecule has 0 radical (unpaired) electrons. The van der Waals surface area contributed by atoms with Gasteiger partial charge in [-0.15, -0.1) is 0 Å². The van der Waals surface area contributed by atoms with E-state index < -0.39 is 18.2 Å². The number of nitrogen functional groups attached to an aromatic ring is 1. The second-order valence-electron chi connectivity index (χ2n) is 3.09. The molecule has 88 valence electrons. The van der Waals surface area contributed by atoms with Crippen LogP contribution in [0.2, 0.25) is 0 Å². The van der Waals surface area contributed by atoms with E-state index in [1.165, 1.54) is 0 Å². The van der Waals surface area contributed by atoms with Gasteiger partial charge in [-0.2, -0.15) is 0 Å². The predicted molar refractivity (Wildman–Crippen MR) is 53.3 cm³/mol. The highest BCUT2D eigenvalue weighted by atomic mass is 16.5. The minimum Gasteiger partial charge on any atom is -0.504 e. The van der Waals surface area contributed by atoms with Gasteiger partial charge in [0.25, 0.3) is 0 Å². The van der Waals surface area contributed by atoms with E-state index in [1.807, 2.05) is 0 Å². The largest absolute Gasteiger partial charge is 0.504 e. The smallest absolute Gasteiger partial charge is 0.337 e. The lowest BCUT2D eigenvalue weighted by Gasteiger charge is -2.15. The Balaban J connectivity index is 2.91. The molecule has 0 aromatic carbocycles. The van der Waals surface area contributed by atoms with E-state index in [4.69, 9.17) is 5.73 Å². The molecule has 0 bridgehead atoms. The summed E-state index contributed by atoms with van der Waals surface area (Å²) in [5, 5.41) is 28.1. The summed E-state index contributed by atoms with van der Waals surface area (Å²) < 4.78 is 4.25. The van der Waals surface area contributed by atoms with Crippen LogP contribution in [-0.2, 0) is 9.53 Å². The fourth-order valence-electron chi connectivity index (χ4n) is 1.07. The third-order valence-corrected chi connectivity index (χ3v) is 2.00. The first kappa shape index (κ1) is 12.2. The van der Waals surface area contributed by atoms with Crippen LogP contribution in [0.25, 0.3) is 0 Å². The number of anilines is 1. The summed E-state index contributed by atoms with van der Waals surface area (Å²) in [5.41, 5.74) is 5.31. The van der Waals surface area contributed by atoms with Crippen molar-refractivity contribution in [1.29, 1.82) is 0 Å². The number of aliphatic hydroxyl groups excluding tert-OH is 2. The zero-order chi connectivity index (χ0) is 12.3. The van der Waals surface area contributed by atoms with Gasteiger partial charge >= 0.3 is 5.97 Å². The fraction of sp³-hybridized carbons (Fsp3) is 0.333. The zero-order valence-corrected chi connectivity index (χ0v) is 8.49. The number of esters is 1. The zero-order valence-electron chi connectivity index (χ0n) is 8.49. The number of carbonyl (C=O) groups excluding carboxylic acids is 1. The number of nitrogens with two attached hydrogens (primary N) is 1. The molecule has 0 aliphatic carbocycles. The van der Waals surface area contributed by atoms with E-state index in [1.54, 1.807) is 0 Å². The molecule has 5 N–H and O–H groups in total. The number of aromatic nitrogens is 1. The highest BCUT2D eigenvalue weighted by molar-refractivity contribution is 5.75. The monoisotopic (exact) mass is 228 g/mol. The van der Waals surface area contributed by atoms with Gasteiger partial charge < -0.3 is 25.8 Å². The molecule has 0 saturated heterocycles. The molecular formula is C9H12N2O5. The first-order chi connectivity index (χ1) is 7.47. The molecule has 0 fully saturated rings. The number of aliphatic hydroxyl groups is 2. The third kappa shape index (κ3) is 2.38. The van der Waals surface area contributed by atoms with Gasteiger partial charge in [-0.1, -0.05) is 0 Å². The molecule has 1 rings (SSSR count). The molecule has 0 aliphatic heterocycles. The molecule has 16 heavy (non-hydrogen) atoms. The van der Waals surface area contributed by atoms with Gasteiger partial charge in [-0.3, -0.25) is 0 Å². The van der Waals surface area contributed by atoms with Crippen LogP contribution < -0.4 is 5.73 Å². The lowest BCUT2D eigenvalue weighted by Crippen LogP contribution is -2.29. The van der Waals surface area contributed by atoms with Crippen molar-refractivity contribution >= 4 is 11.8 Å². The molecule has 7 nitrogen and oxygen atoms in total. The number of nitrogens with zero attached hydrogens (tertiary/aromatic N) is 1. The van der Waals surface area contributed by atoms with E-state index in [0.717, 1.165) is 19.4 Å². The average molecular weight is 228 g/mol. The van der Waals surface area contributed by atoms with Crippen LogP contribution >= 0.6 is 0 Å². The molecule has 2 atom stereocenters. The van der Waals surface area contributed by atoms with Gasteiger partial charge in [0.2, 0.25) is 0 Å². The van der Waals surface area contributed by atoms with Crippen molar-refractivity contribution in [2.45, 2.75) is 12.2 Å². The van der Waals surface area contributed by atoms with E-state index in [-0.39, 0.29) is 17.1 Å². The summed E-state index contributed by atoms with van der Waals surface area (Å²) in [7, 11) is 1.08. The SMILES string of the molecule is COC(=O)C(O)C(O)c1cnc(N)c(O)c1. The summed E-state index contributed by atoms with van der Waals surface area (Å²) >= 11 is 0. The number of pyridine rings is 1. The summed E-state index contributed by atoms with van der Waals surface area (Å²) in [6, 6.07) is 1.11. The van der Waals surface area contributed by atoms with Crippen molar-refractivity contribution in [3.63, 3.8) is 0 Å². The van der Waals surface area contributed by atoms with Gasteiger partial charge in [0.1, 0.15) is 6.10 Å². The highest BCUT2D eigenvalue weighted by Crippen LogP contribution is 2.24. The number of hydrogen-bond acceptors (Lipinski definition) is 7. The van der Waals surface area contributed by atoms with Crippen molar-refractivity contribution in [3.8, 4) is 5.75 Å².